The summed E-state index contributed by atoms with van der Waals surface area (Å²) in [5.74, 6) is 1.75. The van der Waals surface area contributed by atoms with Gasteiger partial charge in [-0.1, -0.05) is 35.9 Å². The zero-order valence-corrected chi connectivity index (χ0v) is 11.1. The number of aryl methyl sites for hydroxylation is 1. The lowest BCUT2D eigenvalue weighted by Crippen LogP contribution is -2.08. The van der Waals surface area contributed by atoms with E-state index in [1.54, 1.807) is 7.11 Å². The van der Waals surface area contributed by atoms with Crippen molar-refractivity contribution in [1.29, 1.82) is 0 Å². The minimum atomic E-state index is -0.0125. The molecule has 0 saturated carbocycles. The highest BCUT2D eigenvalue weighted by atomic mass is 16.5. The molecule has 96 valence electrons. The van der Waals surface area contributed by atoms with Crippen LogP contribution < -0.4 is 9.47 Å². The van der Waals surface area contributed by atoms with Gasteiger partial charge in [-0.25, -0.2) is 0 Å². The van der Waals surface area contributed by atoms with Gasteiger partial charge in [0.1, 0.15) is 17.6 Å². The fourth-order valence-electron chi connectivity index (χ4n) is 2.19. The fourth-order valence-corrected chi connectivity index (χ4v) is 2.19. The molecule has 19 heavy (non-hydrogen) atoms. The first-order valence-corrected chi connectivity index (χ1v) is 6.36. The Bertz CT molecular complexity index is 612. The molecule has 1 unspecified atom stereocenters. The molecule has 0 bridgehead atoms. The molecule has 1 aliphatic rings. The Balaban J connectivity index is 1.89. The van der Waals surface area contributed by atoms with E-state index >= 15 is 0 Å². The van der Waals surface area contributed by atoms with Crippen LogP contribution in [0.3, 0.4) is 0 Å². The molecule has 0 N–H and O–H groups in total. The van der Waals surface area contributed by atoms with E-state index in [1.807, 2.05) is 18.2 Å². The summed E-state index contributed by atoms with van der Waals surface area (Å²) < 4.78 is 11.2. The molecular weight excluding hydrogens is 236 g/mol. The third-order valence-corrected chi connectivity index (χ3v) is 3.33. The van der Waals surface area contributed by atoms with Gasteiger partial charge in [-0.2, -0.15) is 0 Å². The first kappa shape index (κ1) is 11.8. The van der Waals surface area contributed by atoms with Crippen molar-refractivity contribution in [2.75, 3.05) is 7.11 Å². The van der Waals surface area contributed by atoms with Crippen molar-refractivity contribution < 1.29 is 9.47 Å². The number of ether oxygens (including phenoxy) is 2. The van der Waals surface area contributed by atoms with E-state index < -0.39 is 0 Å². The lowest BCUT2D eigenvalue weighted by Gasteiger charge is -2.22. The van der Waals surface area contributed by atoms with Gasteiger partial charge in [-0.15, -0.1) is 0 Å². The van der Waals surface area contributed by atoms with Crippen LogP contribution in [-0.4, -0.2) is 7.11 Å². The van der Waals surface area contributed by atoms with E-state index in [0.29, 0.717) is 0 Å². The highest BCUT2D eigenvalue weighted by molar-refractivity contribution is 5.62. The van der Waals surface area contributed by atoms with Crippen molar-refractivity contribution in [3.8, 4) is 11.5 Å². The molecule has 0 aliphatic carbocycles. The third-order valence-electron chi connectivity index (χ3n) is 3.33. The Kier molecular flexibility index (Phi) is 3.00. The van der Waals surface area contributed by atoms with Crippen molar-refractivity contribution in [1.82, 2.24) is 0 Å². The molecule has 1 heterocycles. The average Bonchev–Trinajstić information content (AvgIpc) is 2.47. The predicted octanol–water partition coefficient (Wildman–Crippen LogP) is 4.15. The molecule has 3 rings (SSSR count). The minimum Gasteiger partial charge on any atom is -0.497 e. The predicted molar refractivity (Wildman–Crippen MR) is 76.6 cm³/mol. The van der Waals surface area contributed by atoms with Gasteiger partial charge in [0.15, 0.2) is 0 Å². The van der Waals surface area contributed by atoms with Gasteiger partial charge in [0.05, 0.1) is 7.11 Å². The maximum Gasteiger partial charge on any atom is 0.142 e. The van der Waals surface area contributed by atoms with E-state index in [1.165, 1.54) is 11.1 Å². The second-order valence-electron chi connectivity index (χ2n) is 4.71. The van der Waals surface area contributed by atoms with Gasteiger partial charge in [-0.05, 0) is 36.8 Å². The van der Waals surface area contributed by atoms with E-state index in [9.17, 15) is 0 Å². The first-order valence-electron chi connectivity index (χ1n) is 6.36. The van der Waals surface area contributed by atoms with Gasteiger partial charge >= 0.3 is 0 Å². The SMILES string of the molecule is COc1ccc2c(c1)C=CC(c1ccc(C)cc1)O2. The van der Waals surface area contributed by atoms with Crippen molar-refractivity contribution >= 4 is 6.08 Å². The molecule has 2 aromatic carbocycles. The van der Waals surface area contributed by atoms with Crippen LogP contribution in [-0.2, 0) is 0 Å². The molecule has 0 radical (unpaired) electrons. The van der Waals surface area contributed by atoms with Gasteiger partial charge in [0.2, 0.25) is 0 Å². The molecular formula is C17H16O2. The molecule has 0 fully saturated rings. The molecule has 0 aromatic heterocycles. The molecule has 2 heteroatoms. The number of fused-ring (bicyclic) bond motifs is 1. The molecule has 0 saturated heterocycles. The summed E-state index contributed by atoms with van der Waals surface area (Å²) >= 11 is 0. The summed E-state index contributed by atoms with van der Waals surface area (Å²) in [6, 6.07) is 14.3. The Hall–Kier alpha value is -2.22. The van der Waals surface area contributed by atoms with Crippen molar-refractivity contribution in [3.63, 3.8) is 0 Å². The second kappa shape index (κ2) is 4.81. The van der Waals surface area contributed by atoms with Crippen LogP contribution in [0.1, 0.15) is 22.8 Å². The summed E-state index contributed by atoms with van der Waals surface area (Å²) in [4.78, 5) is 0. The van der Waals surface area contributed by atoms with Crippen LogP contribution in [0.15, 0.2) is 48.5 Å². The highest BCUT2D eigenvalue weighted by Crippen LogP contribution is 2.34. The standard InChI is InChI=1S/C17H16O2/c1-12-3-5-13(6-4-12)16-9-7-14-11-15(18-2)8-10-17(14)19-16/h3-11,16H,1-2H3. The van der Waals surface area contributed by atoms with E-state index in [2.05, 4.69) is 43.3 Å². The van der Waals surface area contributed by atoms with Crippen LogP contribution in [0.4, 0.5) is 0 Å². The summed E-state index contributed by atoms with van der Waals surface area (Å²) in [6.45, 7) is 2.09. The Morgan fingerprint density at radius 2 is 1.84 bits per heavy atom. The van der Waals surface area contributed by atoms with E-state index in [0.717, 1.165) is 17.1 Å². The van der Waals surface area contributed by atoms with E-state index in [-0.39, 0.29) is 6.10 Å². The summed E-state index contributed by atoms with van der Waals surface area (Å²) in [6.07, 6.45) is 4.15. The van der Waals surface area contributed by atoms with Crippen molar-refractivity contribution in [2.24, 2.45) is 0 Å². The zero-order chi connectivity index (χ0) is 13.2. The van der Waals surface area contributed by atoms with E-state index in [4.69, 9.17) is 9.47 Å². The second-order valence-corrected chi connectivity index (χ2v) is 4.71. The topological polar surface area (TPSA) is 18.5 Å². The van der Waals surface area contributed by atoms with Gasteiger partial charge in [0.25, 0.3) is 0 Å². The maximum absolute atomic E-state index is 6.01. The van der Waals surface area contributed by atoms with Crippen LogP contribution >= 0.6 is 0 Å². The van der Waals surface area contributed by atoms with Crippen LogP contribution in [0, 0.1) is 6.92 Å². The highest BCUT2D eigenvalue weighted by Gasteiger charge is 2.16. The smallest absolute Gasteiger partial charge is 0.142 e. The minimum absolute atomic E-state index is 0.0125. The Morgan fingerprint density at radius 1 is 1.05 bits per heavy atom. The lowest BCUT2D eigenvalue weighted by atomic mass is 10.0. The summed E-state index contributed by atoms with van der Waals surface area (Å²) in [7, 11) is 1.67. The number of methoxy groups -OCH3 is 1. The van der Waals surface area contributed by atoms with Crippen LogP contribution in [0.25, 0.3) is 6.08 Å². The summed E-state index contributed by atoms with van der Waals surface area (Å²) in [5.41, 5.74) is 3.49. The number of rotatable bonds is 2. The molecule has 1 atom stereocenters. The van der Waals surface area contributed by atoms with Crippen LogP contribution in [0.2, 0.25) is 0 Å². The van der Waals surface area contributed by atoms with Gasteiger partial charge in [0, 0.05) is 5.56 Å². The lowest BCUT2D eigenvalue weighted by molar-refractivity contribution is 0.251. The third kappa shape index (κ3) is 2.34. The Labute approximate surface area is 113 Å². The quantitative estimate of drug-likeness (QED) is 0.799. The maximum atomic E-state index is 6.01. The number of hydrogen-bond donors (Lipinski definition) is 0. The summed E-state index contributed by atoms with van der Waals surface area (Å²) in [5, 5.41) is 0. The van der Waals surface area contributed by atoms with Gasteiger partial charge < -0.3 is 9.47 Å². The number of hydrogen-bond acceptors (Lipinski definition) is 2. The van der Waals surface area contributed by atoms with Gasteiger partial charge in [-0.3, -0.25) is 0 Å². The first-order chi connectivity index (χ1) is 9.26. The molecule has 1 aliphatic heterocycles. The zero-order valence-electron chi connectivity index (χ0n) is 11.1. The largest absolute Gasteiger partial charge is 0.497 e. The molecule has 0 amide bonds. The molecule has 2 nitrogen and oxygen atoms in total. The van der Waals surface area contributed by atoms with Crippen molar-refractivity contribution in [3.05, 3.63) is 65.2 Å². The number of benzene rings is 2. The fraction of sp³-hybridized carbons (Fsp3) is 0.176. The molecule has 2 aromatic rings. The van der Waals surface area contributed by atoms with Crippen molar-refractivity contribution in [2.45, 2.75) is 13.0 Å². The molecule has 0 spiro atoms. The monoisotopic (exact) mass is 252 g/mol. The average molecular weight is 252 g/mol. The normalized spacial score (nSPS) is 16.6. The van der Waals surface area contributed by atoms with Crippen LogP contribution in [0.5, 0.6) is 11.5 Å². The Morgan fingerprint density at radius 3 is 2.58 bits per heavy atom.